The average molecular weight is 397 g/mol. The zero-order valence-corrected chi connectivity index (χ0v) is 18.0. The highest BCUT2D eigenvalue weighted by Crippen LogP contribution is 2.34. The lowest BCUT2D eigenvalue weighted by molar-refractivity contribution is 0.0638. The molecule has 4 aliphatic rings. The van der Waals surface area contributed by atoms with Crippen molar-refractivity contribution in [3.05, 3.63) is 29.3 Å². The molecule has 1 amide bonds. The molecule has 4 heterocycles. The third kappa shape index (κ3) is 3.91. The number of para-hydroxylation sites is 1. The molecule has 4 aliphatic heterocycles. The van der Waals surface area contributed by atoms with Crippen LogP contribution in [0.3, 0.4) is 0 Å². The van der Waals surface area contributed by atoms with E-state index in [1.807, 2.05) is 6.07 Å². The molecule has 1 unspecified atom stereocenters. The van der Waals surface area contributed by atoms with Crippen LogP contribution in [0.4, 0.5) is 5.69 Å². The Balaban J connectivity index is 1.15. The smallest absolute Gasteiger partial charge is 0.256 e. The van der Waals surface area contributed by atoms with Gasteiger partial charge in [-0.3, -0.25) is 4.79 Å². The van der Waals surface area contributed by atoms with Crippen LogP contribution >= 0.6 is 0 Å². The predicted molar refractivity (Wildman–Crippen MR) is 118 cm³/mol. The standard InChI is InChI=1S/C24H36N4O/c1-19-4-3-10-28(18-19)21-8-11-25(12-9-21)14-15-27-17-16-26-13-7-20-5-2-6-22(23(20)26)24(27)29/h2,5-6,19,21H,3-4,7-18H2,1H3. The molecule has 0 radical (unpaired) electrons. The Kier molecular flexibility index (Phi) is 5.53. The molecule has 5 heteroatoms. The molecule has 0 aliphatic carbocycles. The summed E-state index contributed by atoms with van der Waals surface area (Å²) in [5.41, 5.74) is 3.50. The highest BCUT2D eigenvalue weighted by molar-refractivity contribution is 6.01. The number of amides is 1. The van der Waals surface area contributed by atoms with E-state index in [4.69, 9.17) is 0 Å². The fraction of sp³-hybridized carbons (Fsp3) is 0.708. The van der Waals surface area contributed by atoms with Gasteiger partial charge in [0, 0.05) is 45.3 Å². The normalized spacial score (nSPS) is 26.7. The van der Waals surface area contributed by atoms with E-state index >= 15 is 0 Å². The van der Waals surface area contributed by atoms with Gasteiger partial charge in [-0.05, 0) is 69.3 Å². The summed E-state index contributed by atoms with van der Waals surface area (Å²) in [5, 5.41) is 0. The Morgan fingerprint density at radius 3 is 2.66 bits per heavy atom. The second kappa shape index (κ2) is 8.27. The minimum Gasteiger partial charge on any atom is -0.369 e. The van der Waals surface area contributed by atoms with Crippen molar-refractivity contribution in [1.29, 1.82) is 0 Å². The molecule has 0 aromatic heterocycles. The van der Waals surface area contributed by atoms with E-state index in [1.54, 1.807) is 0 Å². The molecule has 0 bridgehead atoms. The molecular weight excluding hydrogens is 360 g/mol. The van der Waals surface area contributed by atoms with Gasteiger partial charge in [-0.25, -0.2) is 0 Å². The molecule has 2 saturated heterocycles. The molecule has 29 heavy (non-hydrogen) atoms. The van der Waals surface area contributed by atoms with Gasteiger partial charge in [0.1, 0.15) is 0 Å². The van der Waals surface area contributed by atoms with Crippen LogP contribution in [0.1, 0.15) is 48.5 Å². The number of hydrogen-bond acceptors (Lipinski definition) is 4. The van der Waals surface area contributed by atoms with E-state index in [1.165, 1.54) is 63.1 Å². The molecule has 5 rings (SSSR count). The van der Waals surface area contributed by atoms with Gasteiger partial charge in [-0.15, -0.1) is 0 Å². The maximum absolute atomic E-state index is 13.2. The summed E-state index contributed by atoms with van der Waals surface area (Å²) < 4.78 is 0. The second-order valence-electron chi connectivity index (χ2n) is 9.66. The Morgan fingerprint density at radius 2 is 1.83 bits per heavy atom. The number of carbonyl (C=O) groups is 1. The summed E-state index contributed by atoms with van der Waals surface area (Å²) in [6, 6.07) is 7.06. The SMILES string of the molecule is CC1CCCN(C2CCN(CCN3CCN4CCc5cccc(c54)C3=O)CC2)C1. The van der Waals surface area contributed by atoms with Gasteiger partial charge < -0.3 is 19.6 Å². The van der Waals surface area contributed by atoms with Crippen molar-refractivity contribution in [3.63, 3.8) is 0 Å². The molecule has 5 nitrogen and oxygen atoms in total. The van der Waals surface area contributed by atoms with Crippen LogP contribution in [0.2, 0.25) is 0 Å². The highest BCUT2D eigenvalue weighted by atomic mass is 16.2. The number of likely N-dealkylation sites (tertiary alicyclic amines) is 2. The number of piperidine rings is 2. The fourth-order valence-corrected chi connectivity index (χ4v) is 5.98. The first-order valence-corrected chi connectivity index (χ1v) is 11.8. The fourth-order valence-electron chi connectivity index (χ4n) is 5.98. The largest absolute Gasteiger partial charge is 0.369 e. The minimum atomic E-state index is 0.239. The molecule has 2 fully saturated rings. The quantitative estimate of drug-likeness (QED) is 0.783. The van der Waals surface area contributed by atoms with Crippen molar-refractivity contribution >= 4 is 11.6 Å². The number of nitrogens with zero attached hydrogens (tertiary/aromatic N) is 4. The van der Waals surface area contributed by atoms with Gasteiger partial charge >= 0.3 is 0 Å². The Hall–Kier alpha value is -1.59. The lowest BCUT2D eigenvalue weighted by Gasteiger charge is -2.42. The van der Waals surface area contributed by atoms with Gasteiger partial charge in [0.15, 0.2) is 0 Å². The van der Waals surface area contributed by atoms with Gasteiger partial charge in [-0.2, -0.15) is 0 Å². The topological polar surface area (TPSA) is 30.0 Å². The van der Waals surface area contributed by atoms with Gasteiger partial charge in [0.2, 0.25) is 0 Å². The van der Waals surface area contributed by atoms with Crippen LogP contribution in [-0.4, -0.2) is 85.6 Å². The minimum absolute atomic E-state index is 0.239. The van der Waals surface area contributed by atoms with E-state index in [0.29, 0.717) is 0 Å². The summed E-state index contributed by atoms with van der Waals surface area (Å²) in [6.07, 6.45) is 6.45. The lowest BCUT2D eigenvalue weighted by Crippen LogP contribution is -2.49. The summed E-state index contributed by atoms with van der Waals surface area (Å²) in [6.45, 7) is 12.2. The van der Waals surface area contributed by atoms with Crippen LogP contribution in [0.25, 0.3) is 0 Å². The summed E-state index contributed by atoms with van der Waals surface area (Å²) in [5.74, 6) is 1.11. The maximum Gasteiger partial charge on any atom is 0.256 e. The summed E-state index contributed by atoms with van der Waals surface area (Å²) >= 11 is 0. The first-order chi connectivity index (χ1) is 14.2. The molecule has 158 valence electrons. The van der Waals surface area contributed by atoms with Crippen molar-refractivity contribution in [2.45, 2.75) is 45.1 Å². The molecule has 0 N–H and O–H groups in total. The third-order valence-corrected chi connectivity index (χ3v) is 7.69. The van der Waals surface area contributed by atoms with Gasteiger partial charge in [0.05, 0.1) is 11.3 Å². The van der Waals surface area contributed by atoms with Crippen LogP contribution in [-0.2, 0) is 6.42 Å². The van der Waals surface area contributed by atoms with E-state index < -0.39 is 0 Å². The third-order valence-electron chi connectivity index (χ3n) is 7.69. The second-order valence-corrected chi connectivity index (χ2v) is 9.66. The van der Waals surface area contributed by atoms with Crippen LogP contribution in [0, 0.1) is 5.92 Å². The van der Waals surface area contributed by atoms with Crippen LogP contribution < -0.4 is 4.90 Å². The number of benzene rings is 1. The number of rotatable bonds is 4. The first kappa shape index (κ1) is 19.4. The Morgan fingerprint density at radius 1 is 0.966 bits per heavy atom. The monoisotopic (exact) mass is 396 g/mol. The van der Waals surface area contributed by atoms with Gasteiger partial charge in [-0.1, -0.05) is 19.1 Å². The van der Waals surface area contributed by atoms with Gasteiger partial charge in [0.25, 0.3) is 5.91 Å². The number of hydrogen-bond donors (Lipinski definition) is 0. The predicted octanol–water partition coefficient (Wildman–Crippen LogP) is 2.70. The van der Waals surface area contributed by atoms with Crippen molar-refractivity contribution in [3.8, 4) is 0 Å². The maximum atomic E-state index is 13.2. The lowest BCUT2D eigenvalue weighted by atomic mass is 9.95. The molecule has 1 aromatic carbocycles. The average Bonchev–Trinajstić information content (AvgIpc) is 3.11. The van der Waals surface area contributed by atoms with Crippen molar-refractivity contribution in [2.24, 2.45) is 5.92 Å². The van der Waals surface area contributed by atoms with E-state index in [-0.39, 0.29) is 5.91 Å². The van der Waals surface area contributed by atoms with E-state index in [2.05, 4.69) is 38.7 Å². The zero-order valence-electron chi connectivity index (χ0n) is 18.0. The van der Waals surface area contributed by atoms with Crippen LogP contribution in [0.5, 0.6) is 0 Å². The first-order valence-electron chi connectivity index (χ1n) is 11.8. The van der Waals surface area contributed by atoms with Crippen molar-refractivity contribution in [2.75, 3.05) is 63.8 Å². The zero-order chi connectivity index (χ0) is 19.8. The van der Waals surface area contributed by atoms with E-state index in [9.17, 15) is 4.79 Å². The summed E-state index contributed by atoms with van der Waals surface area (Å²) in [4.78, 5) is 23.1. The van der Waals surface area contributed by atoms with Crippen molar-refractivity contribution in [1.82, 2.24) is 14.7 Å². The molecule has 1 aromatic rings. The molecular formula is C24H36N4O. The number of anilines is 1. The number of carbonyl (C=O) groups excluding carboxylic acids is 1. The molecule has 1 atom stereocenters. The Labute approximate surface area is 175 Å². The molecule has 0 saturated carbocycles. The van der Waals surface area contributed by atoms with Crippen LogP contribution in [0.15, 0.2) is 18.2 Å². The summed E-state index contributed by atoms with van der Waals surface area (Å²) in [7, 11) is 0. The Bertz CT molecular complexity index is 742. The van der Waals surface area contributed by atoms with E-state index in [0.717, 1.165) is 56.7 Å². The molecule has 0 spiro atoms. The van der Waals surface area contributed by atoms with Crippen molar-refractivity contribution < 1.29 is 4.79 Å². The highest BCUT2D eigenvalue weighted by Gasteiger charge is 2.32.